The van der Waals surface area contributed by atoms with Crippen LogP contribution in [0.25, 0.3) is 0 Å². The molecule has 0 aliphatic carbocycles. The van der Waals surface area contributed by atoms with Crippen LogP contribution in [0.5, 0.6) is 0 Å². The second-order valence-corrected chi connectivity index (χ2v) is 2.77. The van der Waals surface area contributed by atoms with E-state index in [9.17, 15) is 35.9 Å². The summed E-state index contributed by atoms with van der Waals surface area (Å²) in [6.45, 7) is 0. The molecule has 0 amide bonds. The summed E-state index contributed by atoms with van der Waals surface area (Å²) in [6.07, 6.45) is -6.16. The van der Waals surface area contributed by atoms with E-state index in [2.05, 4.69) is 9.47 Å². The number of hydrogen-bond acceptors (Lipinski definition) is 4. The van der Waals surface area contributed by atoms with Gasteiger partial charge in [-0.1, -0.05) is 0 Å². The van der Waals surface area contributed by atoms with E-state index in [4.69, 9.17) is 0 Å². The van der Waals surface area contributed by atoms with Gasteiger partial charge in [-0.25, -0.2) is 18.4 Å². The fourth-order valence-electron chi connectivity index (χ4n) is 0.801. The highest BCUT2D eigenvalue weighted by Crippen LogP contribution is 2.42. The van der Waals surface area contributed by atoms with Gasteiger partial charge in [-0.15, -0.1) is 0 Å². The van der Waals surface area contributed by atoms with E-state index in [0.717, 1.165) is 0 Å². The first-order valence-electron chi connectivity index (χ1n) is 4.02. The summed E-state index contributed by atoms with van der Waals surface area (Å²) >= 11 is 0. The van der Waals surface area contributed by atoms with Crippen molar-refractivity contribution in [1.82, 2.24) is 0 Å². The fraction of sp³-hybridized carbons (Fsp3) is 0.500. The summed E-state index contributed by atoms with van der Waals surface area (Å²) in [5.74, 6) is -11.1. The van der Waals surface area contributed by atoms with E-state index in [-0.39, 0.29) is 0 Å². The van der Waals surface area contributed by atoms with Crippen LogP contribution in [0.1, 0.15) is 0 Å². The van der Waals surface area contributed by atoms with Gasteiger partial charge in [-0.2, -0.15) is 17.6 Å². The Morgan fingerprint density at radius 2 is 1.39 bits per heavy atom. The topological polar surface area (TPSA) is 52.6 Å². The number of carbonyl (C=O) groups is 2. The SMILES string of the molecule is COC(=O)/C(F)=C(/F)C(F)(C(=O)OC)C(F)(F)F. The van der Waals surface area contributed by atoms with Gasteiger partial charge in [0.2, 0.25) is 11.7 Å². The van der Waals surface area contributed by atoms with Crippen LogP contribution in [-0.4, -0.2) is 38.0 Å². The van der Waals surface area contributed by atoms with Crippen LogP contribution in [0, 0.1) is 0 Å². The van der Waals surface area contributed by atoms with E-state index in [1.807, 2.05) is 0 Å². The lowest BCUT2D eigenvalue weighted by atomic mass is 10.0. The van der Waals surface area contributed by atoms with Crippen LogP contribution in [0.15, 0.2) is 11.7 Å². The highest BCUT2D eigenvalue weighted by molar-refractivity contribution is 5.91. The molecule has 18 heavy (non-hydrogen) atoms. The molecule has 0 aliphatic rings. The molecule has 0 aromatic carbocycles. The quantitative estimate of drug-likeness (QED) is 0.449. The maximum atomic E-state index is 13.4. The molecule has 1 atom stereocenters. The lowest BCUT2D eigenvalue weighted by molar-refractivity contribution is -0.231. The minimum absolute atomic E-state index is 0.325. The Balaban J connectivity index is 5.93. The highest BCUT2D eigenvalue weighted by atomic mass is 19.4. The summed E-state index contributed by atoms with van der Waals surface area (Å²) in [6, 6.07) is 0. The monoisotopic (exact) mass is 280 g/mol. The summed E-state index contributed by atoms with van der Waals surface area (Å²) < 4.78 is 82.9. The number of alkyl halides is 4. The molecule has 0 aliphatic heterocycles. The third-order valence-corrected chi connectivity index (χ3v) is 1.72. The Labute approximate surface area is 96.1 Å². The van der Waals surface area contributed by atoms with Crippen molar-refractivity contribution in [3.05, 3.63) is 11.7 Å². The molecule has 0 rings (SSSR count). The Kier molecular flexibility index (Phi) is 4.76. The van der Waals surface area contributed by atoms with Gasteiger partial charge in [0.1, 0.15) is 0 Å². The van der Waals surface area contributed by atoms with Gasteiger partial charge in [0.15, 0.2) is 0 Å². The molecule has 0 spiro atoms. The van der Waals surface area contributed by atoms with Crippen molar-refractivity contribution in [2.45, 2.75) is 11.8 Å². The number of methoxy groups -OCH3 is 2. The van der Waals surface area contributed by atoms with E-state index >= 15 is 0 Å². The molecule has 0 fully saturated rings. The molecule has 0 saturated carbocycles. The maximum Gasteiger partial charge on any atom is 0.440 e. The fourth-order valence-corrected chi connectivity index (χ4v) is 0.801. The Hall–Kier alpha value is -1.74. The zero-order valence-electron chi connectivity index (χ0n) is 8.90. The zero-order chi connectivity index (χ0) is 14.7. The molecule has 0 aromatic rings. The lowest BCUT2D eigenvalue weighted by Gasteiger charge is -2.23. The van der Waals surface area contributed by atoms with Crippen LogP contribution < -0.4 is 0 Å². The molecule has 10 heteroatoms. The van der Waals surface area contributed by atoms with Crippen molar-refractivity contribution in [2.24, 2.45) is 0 Å². The molecule has 4 nitrogen and oxygen atoms in total. The van der Waals surface area contributed by atoms with Crippen molar-refractivity contribution >= 4 is 11.9 Å². The predicted molar refractivity (Wildman–Crippen MR) is 43.2 cm³/mol. The summed E-state index contributed by atoms with van der Waals surface area (Å²) in [5.41, 5.74) is -5.42. The number of carbonyl (C=O) groups excluding carboxylic acids is 2. The van der Waals surface area contributed by atoms with E-state index < -0.39 is 35.4 Å². The van der Waals surface area contributed by atoms with Gasteiger partial charge in [0.05, 0.1) is 14.2 Å². The Morgan fingerprint density at radius 1 is 0.944 bits per heavy atom. The van der Waals surface area contributed by atoms with Gasteiger partial charge in [-0.05, 0) is 0 Å². The number of rotatable bonds is 3. The molecular weight excluding hydrogens is 274 g/mol. The molecule has 1 unspecified atom stereocenters. The summed E-state index contributed by atoms with van der Waals surface area (Å²) in [4.78, 5) is 21.1. The van der Waals surface area contributed by atoms with Crippen LogP contribution in [0.4, 0.5) is 26.3 Å². The summed E-state index contributed by atoms with van der Waals surface area (Å²) in [5, 5.41) is 0. The normalized spacial score (nSPS) is 16.4. The molecule has 0 aromatic heterocycles. The maximum absolute atomic E-state index is 13.4. The van der Waals surface area contributed by atoms with Crippen molar-refractivity contribution in [3.8, 4) is 0 Å². The predicted octanol–water partition coefficient (Wildman–Crippen LogP) is 1.75. The first kappa shape index (κ1) is 16.3. The standard InChI is InChI=1S/C8H6F6O4/c1-17-5(15)3(9)4(10)7(11,6(16)18-2)8(12,13)14/h1-2H3/b4-3-. The second kappa shape index (κ2) is 5.27. The van der Waals surface area contributed by atoms with Crippen LogP contribution in [0.2, 0.25) is 0 Å². The summed E-state index contributed by atoms with van der Waals surface area (Å²) in [7, 11) is 0.840. The molecular formula is C8H6F6O4. The first-order chi connectivity index (χ1) is 8.03. The number of hydrogen-bond donors (Lipinski definition) is 0. The Morgan fingerprint density at radius 3 is 1.67 bits per heavy atom. The minimum atomic E-state index is -6.16. The molecule has 0 N–H and O–H groups in total. The second-order valence-electron chi connectivity index (χ2n) is 2.77. The lowest BCUT2D eigenvalue weighted by Crippen LogP contribution is -2.50. The van der Waals surface area contributed by atoms with Crippen molar-refractivity contribution in [1.29, 1.82) is 0 Å². The first-order valence-corrected chi connectivity index (χ1v) is 4.02. The van der Waals surface area contributed by atoms with Gasteiger partial charge < -0.3 is 9.47 Å². The molecule has 0 bridgehead atoms. The minimum Gasteiger partial charge on any atom is -0.466 e. The average molecular weight is 280 g/mol. The zero-order valence-corrected chi connectivity index (χ0v) is 8.90. The van der Waals surface area contributed by atoms with Gasteiger partial charge >= 0.3 is 23.8 Å². The van der Waals surface area contributed by atoms with E-state index in [1.165, 1.54) is 0 Å². The Bertz CT molecular complexity index is 388. The third-order valence-electron chi connectivity index (χ3n) is 1.72. The molecule has 0 saturated heterocycles. The smallest absolute Gasteiger partial charge is 0.440 e. The number of ether oxygens (including phenoxy) is 2. The number of halogens is 6. The van der Waals surface area contributed by atoms with E-state index in [0.29, 0.717) is 14.2 Å². The van der Waals surface area contributed by atoms with Gasteiger partial charge in [0, 0.05) is 0 Å². The van der Waals surface area contributed by atoms with Gasteiger partial charge in [-0.3, -0.25) is 0 Å². The van der Waals surface area contributed by atoms with E-state index in [1.54, 1.807) is 0 Å². The van der Waals surface area contributed by atoms with Crippen LogP contribution in [0.3, 0.4) is 0 Å². The number of esters is 2. The van der Waals surface area contributed by atoms with Crippen LogP contribution in [-0.2, 0) is 19.1 Å². The van der Waals surface area contributed by atoms with Crippen molar-refractivity contribution in [3.63, 3.8) is 0 Å². The third kappa shape index (κ3) is 2.57. The van der Waals surface area contributed by atoms with Crippen molar-refractivity contribution < 1.29 is 45.4 Å². The van der Waals surface area contributed by atoms with Crippen LogP contribution >= 0.6 is 0 Å². The molecule has 0 radical (unpaired) electrons. The largest absolute Gasteiger partial charge is 0.466 e. The average Bonchev–Trinajstić information content (AvgIpc) is 2.32. The molecule has 104 valence electrons. The highest BCUT2D eigenvalue weighted by Gasteiger charge is 2.68. The van der Waals surface area contributed by atoms with Gasteiger partial charge in [0.25, 0.3) is 0 Å². The molecule has 0 heterocycles. The van der Waals surface area contributed by atoms with Crippen molar-refractivity contribution in [2.75, 3.05) is 14.2 Å².